The van der Waals surface area contributed by atoms with E-state index in [4.69, 9.17) is 14.2 Å². The van der Waals surface area contributed by atoms with Crippen LogP contribution in [0.15, 0.2) is 65.1 Å². The molecule has 0 fully saturated rings. The van der Waals surface area contributed by atoms with Crippen molar-refractivity contribution in [1.29, 1.82) is 0 Å². The van der Waals surface area contributed by atoms with Gasteiger partial charge < -0.3 is 19.5 Å². The molecule has 3 rings (SSSR count). The smallest absolute Gasteiger partial charge is 0.175 e. The number of methoxy groups -OCH3 is 2. The molecule has 1 N–H and O–H groups in total. The Morgan fingerprint density at radius 1 is 0.964 bits per heavy atom. The molecule has 0 unspecified atom stereocenters. The van der Waals surface area contributed by atoms with Gasteiger partial charge in [0.05, 0.1) is 18.7 Å². The summed E-state index contributed by atoms with van der Waals surface area (Å²) in [6.45, 7) is 0.722. The first kappa shape index (κ1) is 20.0. The van der Waals surface area contributed by atoms with Gasteiger partial charge in [0.2, 0.25) is 0 Å². The van der Waals surface area contributed by atoms with Crippen molar-refractivity contribution in [1.82, 2.24) is 0 Å². The highest BCUT2D eigenvalue weighted by atomic mass is 79.9. The van der Waals surface area contributed by atoms with Gasteiger partial charge in [-0.2, -0.15) is 0 Å². The van der Waals surface area contributed by atoms with E-state index in [0.717, 1.165) is 21.5 Å². The fourth-order valence-electron chi connectivity index (χ4n) is 2.69. The van der Waals surface area contributed by atoms with Gasteiger partial charge in [-0.15, -0.1) is 0 Å². The summed E-state index contributed by atoms with van der Waals surface area (Å²) in [5.74, 6) is 1.64. The standard InChI is InChI=1S/C22H21BrFNO3/c1-26-18-9-7-17(8-10-18)25-13-15-11-19(23)22(21(12-15)27-2)28-14-16-5-3-4-6-20(16)24/h3-12,25H,13-14H2,1-2H3. The third kappa shape index (κ3) is 4.95. The quantitative estimate of drug-likeness (QED) is 0.475. The van der Waals surface area contributed by atoms with Crippen LogP contribution in [0.4, 0.5) is 10.1 Å². The molecule has 0 atom stereocenters. The van der Waals surface area contributed by atoms with E-state index in [0.29, 0.717) is 23.6 Å². The molecule has 0 saturated carbocycles. The molecule has 28 heavy (non-hydrogen) atoms. The lowest BCUT2D eigenvalue weighted by molar-refractivity contribution is 0.277. The van der Waals surface area contributed by atoms with Crippen molar-refractivity contribution in [3.63, 3.8) is 0 Å². The summed E-state index contributed by atoms with van der Waals surface area (Å²) in [6.07, 6.45) is 0. The van der Waals surface area contributed by atoms with Crippen LogP contribution in [0.3, 0.4) is 0 Å². The van der Waals surface area contributed by atoms with Crippen molar-refractivity contribution >= 4 is 21.6 Å². The SMILES string of the molecule is COc1ccc(NCc2cc(Br)c(OCc3ccccc3F)c(OC)c2)cc1. The highest BCUT2D eigenvalue weighted by Gasteiger charge is 2.13. The van der Waals surface area contributed by atoms with E-state index in [1.807, 2.05) is 36.4 Å². The summed E-state index contributed by atoms with van der Waals surface area (Å²) >= 11 is 3.53. The van der Waals surface area contributed by atoms with E-state index >= 15 is 0 Å². The van der Waals surface area contributed by atoms with Crippen LogP contribution in [0, 0.1) is 5.82 Å². The maximum Gasteiger partial charge on any atom is 0.175 e. The van der Waals surface area contributed by atoms with Gasteiger partial charge in [0, 0.05) is 17.8 Å². The average Bonchev–Trinajstić information content (AvgIpc) is 2.72. The normalized spacial score (nSPS) is 10.4. The monoisotopic (exact) mass is 445 g/mol. The van der Waals surface area contributed by atoms with E-state index in [1.165, 1.54) is 6.07 Å². The minimum Gasteiger partial charge on any atom is -0.497 e. The van der Waals surface area contributed by atoms with Gasteiger partial charge >= 0.3 is 0 Å². The van der Waals surface area contributed by atoms with Crippen LogP contribution >= 0.6 is 15.9 Å². The largest absolute Gasteiger partial charge is 0.497 e. The maximum absolute atomic E-state index is 13.8. The zero-order valence-corrected chi connectivity index (χ0v) is 17.3. The third-order valence-corrected chi connectivity index (χ3v) is 4.79. The summed E-state index contributed by atoms with van der Waals surface area (Å²) in [4.78, 5) is 0. The number of ether oxygens (including phenoxy) is 3. The number of benzene rings is 3. The molecule has 3 aromatic carbocycles. The van der Waals surface area contributed by atoms with Crippen molar-refractivity contribution in [3.05, 3.63) is 82.1 Å². The first-order valence-electron chi connectivity index (χ1n) is 8.71. The van der Waals surface area contributed by atoms with E-state index in [9.17, 15) is 4.39 Å². The molecule has 4 nitrogen and oxygen atoms in total. The van der Waals surface area contributed by atoms with Crippen LogP contribution in [0.1, 0.15) is 11.1 Å². The van der Waals surface area contributed by atoms with Crippen LogP contribution in [-0.4, -0.2) is 14.2 Å². The second kappa shape index (κ2) is 9.46. The fourth-order valence-corrected chi connectivity index (χ4v) is 3.30. The number of nitrogens with one attached hydrogen (secondary N) is 1. The van der Waals surface area contributed by atoms with E-state index in [2.05, 4.69) is 21.2 Å². The van der Waals surface area contributed by atoms with Gasteiger partial charge in [-0.3, -0.25) is 0 Å². The molecule has 0 bridgehead atoms. The summed E-state index contributed by atoms with van der Waals surface area (Å²) < 4.78 is 31.0. The van der Waals surface area contributed by atoms with Gasteiger partial charge in [-0.1, -0.05) is 18.2 Å². The second-order valence-corrected chi connectivity index (χ2v) is 6.93. The minimum absolute atomic E-state index is 0.116. The van der Waals surface area contributed by atoms with Crippen molar-refractivity contribution in [2.24, 2.45) is 0 Å². The molecule has 0 amide bonds. The molecule has 6 heteroatoms. The number of hydrogen-bond acceptors (Lipinski definition) is 4. The lowest BCUT2D eigenvalue weighted by atomic mass is 10.2. The van der Waals surface area contributed by atoms with Crippen molar-refractivity contribution in [2.45, 2.75) is 13.2 Å². The Labute approximate surface area is 172 Å². The second-order valence-electron chi connectivity index (χ2n) is 6.07. The molecule has 0 aliphatic heterocycles. The summed E-state index contributed by atoms with van der Waals surface area (Å²) in [6, 6.07) is 18.1. The predicted octanol–water partition coefficient (Wildman–Crippen LogP) is 5.80. The van der Waals surface area contributed by atoms with Gasteiger partial charge in [-0.25, -0.2) is 4.39 Å². The Bertz CT molecular complexity index is 932. The molecular formula is C22H21BrFNO3. The van der Waals surface area contributed by atoms with Crippen molar-refractivity contribution < 1.29 is 18.6 Å². The first-order chi connectivity index (χ1) is 13.6. The molecule has 0 aliphatic rings. The van der Waals surface area contributed by atoms with E-state index < -0.39 is 0 Å². The topological polar surface area (TPSA) is 39.7 Å². The van der Waals surface area contributed by atoms with Gasteiger partial charge in [0.15, 0.2) is 11.5 Å². The zero-order valence-electron chi connectivity index (χ0n) is 15.7. The maximum atomic E-state index is 13.8. The lowest BCUT2D eigenvalue weighted by Crippen LogP contribution is -2.03. The first-order valence-corrected chi connectivity index (χ1v) is 9.50. The molecule has 3 aromatic rings. The summed E-state index contributed by atoms with van der Waals surface area (Å²) in [5.41, 5.74) is 2.48. The lowest BCUT2D eigenvalue weighted by Gasteiger charge is -2.15. The third-order valence-electron chi connectivity index (χ3n) is 4.21. The number of rotatable bonds is 8. The van der Waals surface area contributed by atoms with E-state index in [1.54, 1.807) is 32.4 Å². The molecule has 0 aliphatic carbocycles. The Morgan fingerprint density at radius 3 is 2.39 bits per heavy atom. The summed E-state index contributed by atoms with van der Waals surface area (Å²) in [7, 11) is 3.22. The molecule has 0 aromatic heterocycles. The van der Waals surface area contributed by atoms with E-state index in [-0.39, 0.29) is 12.4 Å². The van der Waals surface area contributed by atoms with Crippen LogP contribution < -0.4 is 19.5 Å². The van der Waals surface area contributed by atoms with Crippen LogP contribution in [-0.2, 0) is 13.2 Å². The molecule has 0 spiro atoms. The van der Waals surface area contributed by atoms with Crippen LogP contribution in [0.25, 0.3) is 0 Å². The minimum atomic E-state index is -0.294. The average molecular weight is 446 g/mol. The molecule has 146 valence electrons. The Balaban J connectivity index is 1.70. The molecule has 0 saturated heterocycles. The molecular weight excluding hydrogens is 425 g/mol. The van der Waals surface area contributed by atoms with Crippen LogP contribution in [0.5, 0.6) is 17.2 Å². The van der Waals surface area contributed by atoms with Gasteiger partial charge in [-0.05, 0) is 64.0 Å². The Hall–Kier alpha value is -2.73. The predicted molar refractivity (Wildman–Crippen MR) is 112 cm³/mol. The summed E-state index contributed by atoms with van der Waals surface area (Å²) in [5, 5.41) is 3.35. The Morgan fingerprint density at radius 2 is 1.71 bits per heavy atom. The number of anilines is 1. The van der Waals surface area contributed by atoms with Gasteiger partial charge in [0.1, 0.15) is 18.2 Å². The number of hydrogen-bond donors (Lipinski definition) is 1. The zero-order chi connectivity index (χ0) is 19.9. The van der Waals surface area contributed by atoms with Crippen molar-refractivity contribution in [3.8, 4) is 17.2 Å². The van der Waals surface area contributed by atoms with Crippen LogP contribution in [0.2, 0.25) is 0 Å². The highest BCUT2D eigenvalue weighted by molar-refractivity contribution is 9.10. The number of halogens is 2. The van der Waals surface area contributed by atoms with Crippen molar-refractivity contribution in [2.75, 3.05) is 19.5 Å². The Kier molecular flexibility index (Phi) is 6.76. The molecule has 0 heterocycles. The van der Waals surface area contributed by atoms with Gasteiger partial charge in [0.25, 0.3) is 0 Å². The highest BCUT2D eigenvalue weighted by Crippen LogP contribution is 2.37. The molecule has 0 radical (unpaired) electrons. The fraction of sp³-hybridized carbons (Fsp3) is 0.182.